The topological polar surface area (TPSA) is 67.8 Å². The van der Waals surface area contributed by atoms with Crippen molar-refractivity contribution < 1.29 is 9.47 Å². The Hall–Kier alpha value is -1.82. The van der Waals surface area contributed by atoms with E-state index in [1.165, 1.54) is 12.8 Å². The van der Waals surface area contributed by atoms with Gasteiger partial charge in [-0.05, 0) is 58.1 Å². The van der Waals surface area contributed by atoms with Gasteiger partial charge in [-0.3, -0.25) is 0 Å². The van der Waals surface area contributed by atoms with Crippen LogP contribution in [0.25, 0.3) is 0 Å². The highest BCUT2D eigenvalue weighted by Crippen LogP contribution is 2.23. The van der Waals surface area contributed by atoms with Crippen LogP contribution in [0.3, 0.4) is 0 Å². The normalized spacial score (nSPS) is 16.1. The first-order valence-corrected chi connectivity index (χ1v) is 9.21. The van der Waals surface area contributed by atoms with Crippen molar-refractivity contribution in [1.82, 2.24) is 15.6 Å². The van der Waals surface area contributed by atoms with E-state index < -0.39 is 0 Å². The molecule has 1 saturated carbocycles. The molecule has 0 aliphatic heterocycles. The molecule has 1 heterocycles. The van der Waals surface area contributed by atoms with E-state index >= 15 is 0 Å². The van der Waals surface area contributed by atoms with E-state index in [9.17, 15) is 0 Å². The summed E-state index contributed by atoms with van der Waals surface area (Å²) in [6.07, 6.45) is 6.89. The molecule has 0 bridgehead atoms. The van der Waals surface area contributed by atoms with E-state index in [1.807, 2.05) is 26.0 Å². The highest BCUT2D eigenvalue weighted by atomic mass is 16.5. The fourth-order valence-electron chi connectivity index (χ4n) is 2.67. The summed E-state index contributed by atoms with van der Waals surface area (Å²) < 4.78 is 11.4. The van der Waals surface area contributed by atoms with Crippen LogP contribution in [-0.4, -0.2) is 42.8 Å². The van der Waals surface area contributed by atoms with Crippen molar-refractivity contribution in [2.24, 2.45) is 4.99 Å². The number of rotatable bonds is 8. The molecule has 1 aliphatic rings. The number of nitrogens with zero attached hydrogens (tertiary/aromatic N) is 2. The molecule has 140 valence electrons. The van der Waals surface area contributed by atoms with E-state index in [0.29, 0.717) is 25.1 Å². The van der Waals surface area contributed by atoms with Crippen LogP contribution >= 0.6 is 0 Å². The Labute approximate surface area is 151 Å². The minimum Gasteiger partial charge on any atom is -0.474 e. The van der Waals surface area contributed by atoms with Gasteiger partial charge in [-0.1, -0.05) is 0 Å². The van der Waals surface area contributed by atoms with Crippen LogP contribution < -0.4 is 15.4 Å². The van der Waals surface area contributed by atoms with Crippen molar-refractivity contribution in [3.63, 3.8) is 0 Å². The second kappa shape index (κ2) is 9.61. The summed E-state index contributed by atoms with van der Waals surface area (Å²) in [5.41, 5.74) is 0.848. The van der Waals surface area contributed by atoms with E-state index in [4.69, 9.17) is 9.47 Å². The predicted molar refractivity (Wildman–Crippen MR) is 101 cm³/mol. The quantitative estimate of drug-likeness (QED) is 0.558. The maximum Gasteiger partial charge on any atom is 0.213 e. The lowest BCUT2D eigenvalue weighted by atomic mass is 10.1. The lowest BCUT2D eigenvalue weighted by Gasteiger charge is -2.24. The number of nitrogens with one attached hydrogen (secondary N) is 2. The third-order valence-corrected chi connectivity index (χ3v) is 4.39. The average Bonchev–Trinajstić information content (AvgIpc) is 3.11. The lowest BCUT2D eigenvalue weighted by molar-refractivity contribution is 0.0268. The Morgan fingerprint density at radius 1 is 1.32 bits per heavy atom. The Balaban J connectivity index is 1.94. The third-order valence-electron chi connectivity index (χ3n) is 4.39. The van der Waals surface area contributed by atoms with Crippen molar-refractivity contribution in [3.8, 4) is 5.88 Å². The molecule has 1 aliphatic carbocycles. The van der Waals surface area contributed by atoms with Crippen molar-refractivity contribution in [2.45, 2.75) is 64.7 Å². The summed E-state index contributed by atoms with van der Waals surface area (Å²) in [7, 11) is 1.72. The van der Waals surface area contributed by atoms with Gasteiger partial charge in [-0.25, -0.2) is 9.98 Å². The minimum atomic E-state index is -0.241. The second-order valence-corrected chi connectivity index (χ2v) is 7.04. The Bertz CT molecular complexity index is 554. The number of methoxy groups -OCH3 is 1. The van der Waals surface area contributed by atoms with Crippen molar-refractivity contribution in [3.05, 3.63) is 23.9 Å². The Morgan fingerprint density at radius 3 is 2.76 bits per heavy atom. The molecule has 0 saturated heterocycles. The van der Waals surface area contributed by atoms with Crippen molar-refractivity contribution >= 4 is 5.96 Å². The molecular weight excluding hydrogens is 316 g/mol. The zero-order chi connectivity index (χ0) is 18.1. The summed E-state index contributed by atoms with van der Waals surface area (Å²) in [5, 5.41) is 6.58. The Morgan fingerprint density at radius 2 is 2.08 bits per heavy atom. The molecule has 1 aromatic heterocycles. The first-order valence-electron chi connectivity index (χ1n) is 9.21. The number of aliphatic imine (C=N–C) groups is 1. The van der Waals surface area contributed by atoms with Gasteiger partial charge in [0.05, 0.1) is 12.1 Å². The molecule has 2 N–H and O–H groups in total. The van der Waals surface area contributed by atoms with Gasteiger partial charge in [0.25, 0.3) is 0 Å². The van der Waals surface area contributed by atoms with Crippen LogP contribution in [0.15, 0.2) is 23.3 Å². The Kier molecular flexibility index (Phi) is 7.50. The van der Waals surface area contributed by atoms with Gasteiger partial charge in [0.2, 0.25) is 5.88 Å². The molecule has 6 heteroatoms. The van der Waals surface area contributed by atoms with E-state index in [2.05, 4.69) is 27.5 Å². The van der Waals surface area contributed by atoms with Gasteiger partial charge in [-0.2, -0.15) is 0 Å². The molecule has 6 nitrogen and oxygen atoms in total. The molecule has 1 fully saturated rings. The van der Waals surface area contributed by atoms with Gasteiger partial charge in [0.1, 0.15) is 6.10 Å². The van der Waals surface area contributed by atoms with Crippen LogP contribution in [0.1, 0.15) is 52.0 Å². The molecule has 2 rings (SSSR count). The fourth-order valence-corrected chi connectivity index (χ4v) is 2.67. The third kappa shape index (κ3) is 6.90. The molecular formula is C19H32N4O2. The van der Waals surface area contributed by atoms with Gasteiger partial charge in [0.15, 0.2) is 5.96 Å². The standard InChI is InChI=1S/C19H32N4O2/c1-5-20-18(23-14-19(2,3)24-4)22-13-15-10-11-21-17(12-15)25-16-8-6-7-9-16/h10-12,16H,5-9,13-14H2,1-4H3,(H2,20,22,23). The zero-order valence-corrected chi connectivity index (χ0v) is 16.0. The summed E-state index contributed by atoms with van der Waals surface area (Å²) in [6.45, 7) is 8.20. The van der Waals surface area contributed by atoms with Crippen LogP contribution in [0.2, 0.25) is 0 Å². The van der Waals surface area contributed by atoms with Crippen LogP contribution in [0, 0.1) is 0 Å². The minimum absolute atomic E-state index is 0.241. The lowest BCUT2D eigenvalue weighted by Crippen LogP contribution is -2.45. The summed E-state index contributed by atoms with van der Waals surface area (Å²) in [5.74, 6) is 1.49. The summed E-state index contributed by atoms with van der Waals surface area (Å²) >= 11 is 0. The van der Waals surface area contributed by atoms with Crippen LogP contribution in [0.4, 0.5) is 0 Å². The molecule has 0 spiro atoms. The number of hydrogen-bond acceptors (Lipinski definition) is 4. The smallest absolute Gasteiger partial charge is 0.213 e. The highest BCUT2D eigenvalue weighted by molar-refractivity contribution is 5.79. The SMILES string of the molecule is CCNC(=NCc1ccnc(OC2CCCC2)c1)NCC(C)(C)OC. The maximum absolute atomic E-state index is 5.97. The molecule has 0 radical (unpaired) electrons. The van der Waals surface area contributed by atoms with E-state index in [0.717, 1.165) is 30.9 Å². The van der Waals surface area contributed by atoms with Gasteiger partial charge in [0, 0.05) is 32.5 Å². The number of hydrogen-bond donors (Lipinski definition) is 2. The fraction of sp³-hybridized carbons (Fsp3) is 0.684. The van der Waals surface area contributed by atoms with Crippen molar-refractivity contribution in [2.75, 3.05) is 20.2 Å². The van der Waals surface area contributed by atoms with E-state index in [1.54, 1.807) is 13.3 Å². The summed E-state index contributed by atoms with van der Waals surface area (Å²) in [6, 6.07) is 3.97. The van der Waals surface area contributed by atoms with Gasteiger partial charge in [-0.15, -0.1) is 0 Å². The van der Waals surface area contributed by atoms with Gasteiger partial charge >= 0.3 is 0 Å². The number of pyridine rings is 1. The predicted octanol–water partition coefficient (Wildman–Crippen LogP) is 2.88. The second-order valence-electron chi connectivity index (χ2n) is 7.04. The van der Waals surface area contributed by atoms with E-state index in [-0.39, 0.29) is 5.60 Å². The van der Waals surface area contributed by atoms with Crippen molar-refractivity contribution in [1.29, 1.82) is 0 Å². The first-order chi connectivity index (χ1) is 12.0. The molecule has 0 aromatic carbocycles. The summed E-state index contributed by atoms with van der Waals surface area (Å²) in [4.78, 5) is 8.98. The molecule has 1 aromatic rings. The molecule has 25 heavy (non-hydrogen) atoms. The number of aromatic nitrogens is 1. The maximum atomic E-state index is 5.97. The zero-order valence-electron chi connectivity index (χ0n) is 16.0. The monoisotopic (exact) mass is 348 g/mol. The molecule has 0 amide bonds. The largest absolute Gasteiger partial charge is 0.474 e. The average molecular weight is 348 g/mol. The van der Waals surface area contributed by atoms with Crippen LogP contribution in [0.5, 0.6) is 5.88 Å². The molecule has 0 unspecified atom stereocenters. The van der Waals surface area contributed by atoms with Crippen LogP contribution in [-0.2, 0) is 11.3 Å². The number of ether oxygens (including phenoxy) is 2. The highest BCUT2D eigenvalue weighted by Gasteiger charge is 2.17. The number of guanidine groups is 1. The van der Waals surface area contributed by atoms with Gasteiger partial charge < -0.3 is 20.1 Å². The first kappa shape index (κ1) is 19.5. The molecule has 0 atom stereocenters.